The maximum atomic E-state index is 11.1. The van der Waals surface area contributed by atoms with Crippen LogP contribution in [0.4, 0.5) is 0 Å². The number of hydrogen-bond acceptors (Lipinski definition) is 1. The van der Waals surface area contributed by atoms with Crippen LogP contribution in [-0.2, 0) is 0 Å². The Kier molecular flexibility index (Phi) is 3.58. The minimum Gasteiger partial charge on any atom is -0.478 e. The van der Waals surface area contributed by atoms with E-state index in [4.69, 9.17) is 5.11 Å². The predicted octanol–water partition coefficient (Wildman–Crippen LogP) is 3.86. The van der Waals surface area contributed by atoms with Gasteiger partial charge in [0.15, 0.2) is 0 Å². The lowest BCUT2D eigenvalue weighted by Crippen LogP contribution is -1.98. The molecule has 0 heterocycles. The van der Waals surface area contributed by atoms with Gasteiger partial charge in [0, 0.05) is 0 Å². The van der Waals surface area contributed by atoms with E-state index in [9.17, 15) is 4.79 Å². The first kappa shape index (κ1) is 12.1. The van der Waals surface area contributed by atoms with Gasteiger partial charge < -0.3 is 5.11 Å². The van der Waals surface area contributed by atoms with Gasteiger partial charge in [-0.3, -0.25) is 0 Å². The number of carboxylic acid groups (broad SMARTS) is 1. The van der Waals surface area contributed by atoms with Gasteiger partial charge >= 0.3 is 5.97 Å². The quantitative estimate of drug-likeness (QED) is 0.824. The van der Waals surface area contributed by atoms with E-state index in [0.717, 1.165) is 5.56 Å². The van der Waals surface area contributed by atoms with Crippen LogP contribution in [0.15, 0.2) is 48.5 Å². The SMILES string of the molecule is Cc1cccc(/C=C/c2ccccc2C(=O)O)c1. The normalized spacial score (nSPS) is 10.7. The highest BCUT2D eigenvalue weighted by molar-refractivity contribution is 5.93. The molecule has 90 valence electrons. The fourth-order valence-electron chi connectivity index (χ4n) is 1.80. The monoisotopic (exact) mass is 238 g/mol. The summed E-state index contributed by atoms with van der Waals surface area (Å²) in [4.78, 5) is 11.1. The van der Waals surface area contributed by atoms with Crippen LogP contribution in [0.1, 0.15) is 27.0 Å². The summed E-state index contributed by atoms with van der Waals surface area (Å²) in [6.45, 7) is 2.03. The highest BCUT2D eigenvalue weighted by Crippen LogP contribution is 2.14. The number of aromatic carboxylic acids is 1. The van der Waals surface area contributed by atoms with Crippen molar-refractivity contribution in [3.05, 3.63) is 70.8 Å². The van der Waals surface area contributed by atoms with Crippen LogP contribution in [-0.4, -0.2) is 11.1 Å². The molecule has 0 fully saturated rings. The maximum absolute atomic E-state index is 11.1. The zero-order chi connectivity index (χ0) is 13.0. The van der Waals surface area contributed by atoms with Crippen LogP contribution >= 0.6 is 0 Å². The molecular weight excluding hydrogens is 224 g/mol. The zero-order valence-corrected chi connectivity index (χ0v) is 10.1. The average Bonchev–Trinajstić information content (AvgIpc) is 2.37. The Morgan fingerprint density at radius 1 is 1.06 bits per heavy atom. The molecule has 0 atom stereocenters. The molecule has 0 unspecified atom stereocenters. The number of aryl methyl sites for hydroxylation is 1. The van der Waals surface area contributed by atoms with E-state index < -0.39 is 5.97 Å². The van der Waals surface area contributed by atoms with Crippen molar-refractivity contribution < 1.29 is 9.90 Å². The highest BCUT2D eigenvalue weighted by atomic mass is 16.4. The highest BCUT2D eigenvalue weighted by Gasteiger charge is 2.05. The number of carbonyl (C=O) groups is 1. The second kappa shape index (κ2) is 5.32. The molecule has 0 bridgehead atoms. The van der Waals surface area contributed by atoms with Crippen molar-refractivity contribution in [1.82, 2.24) is 0 Å². The molecule has 2 rings (SSSR count). The van der Waals surface area contributed by atoms with Crippen molar-refractivity contribution in [2.24, 2.45) is 0 Å². The number of carboxylic acids is 1. The van der Waals surface area contributed by atoms with Gasteiger partial charge in [-0.2, -0.15) is 0 Å². The summed E-state index contributed by atoms with van der Waals surface area (Å²) < 4.78 is 0. The van der Waals surface area contributed by atoms with Gasteiger partial charge in [-0.15, -0.1) is 0 Å². The Morgan fingerprint density at radius 3 is 2.56 bits per heavy atom. The van der Waals surface area contributed by atoms with Crippen LogP contribution in [0, 0.1) is 6.92 Å². The van der Waals surface area contributed by atoms with Crippen molar-refractivity contribution in [2.75, 3.05) is 0 Å². The van der Waals surface area contributed by atoms with Crippen LogP contribution < -0.4 is 0 Å². The van der Waals surface area contributed by atoms with Gasteiger partial charge in [-0.25, -0.2) is 4.79 Å². The molecule has 0 aliphatic carbocycles. The summed E-state index contributed by atoms with van der Waals surface area (Å²) >= 11 is 0. The van der Waals surface area contributed by atoms with Gasteiger partial charge in [0.1, 0.15) is 0 Å². The molecular formula is C16H14O2. The Bertz CT molecular complexity index is 598. The minimum atomic E-state index is -0.903. The molecule has 0 amide bonds. The summed E-state index contributed by atoms with van der Waals surface area (Å²) in [5.74, 6) is -0.903. The molecule has 1 N–H and O–H groups in total. The Morgan fingerprint density at radius 2 is 1.83 bits per heavy atom. The summed E-state index contributed by atoms with van der Waals surface area (Å²) in [7, 11) is 0. The van der Waals surface area contributed by atoms with E-state index in [2.05, 4.69) is 6.07 Å². The molecule has 0 aromatic heterocycles. The predicted molar refractivity (Wildman–Crippen MR) is 73.5 cm³/mol. The molecule has 0 aliphatic rings. The standard InChI is InChI=1S/C16H14O2/c1-12-5-4-6-13(11-12)9-10-14-7-2-3-8-15(14)16(17)18/h2-11H,1H3,(H,17,18)/b10-9+. The molecule has 0 radical (unpaired) electrons. The van der Waals surface area contributed by atoms with Crippen molar-refractivity contribution in [2.45, 2.75) is 6.92 Å². The maximum Gasteiger partial charge on any atom is 0.336 e. The third-order valence-corrected chi connectivity index (χ3v) is 2.69. The van der Waals surface area contributed by atoms with E-state index in [1.165, 1.54) is 5.56 Å². The van der Waals surface area contributed by atoms with Crippen LogP contribution in [0.3, 0.4) is 0 Å². The summed E-state index contributed by atoms with van der Waals surface area (Å²) in [5, 5.41) is 9.07. The van der Waals surface area contributed by atoms with Gasteiger partial charge in [0.05, 0.1) is 5.56 Å². The Labute approximate surface area is 106 Å². The van der Waals surface area contributed by atoms with Gasteiger partial charge in [-0.05, 0) is 24.1 Å². The van der Waals surface area contributed by atoms with E-state index in [1.807, 2.05) is 43.3 Å². The van der Waals surface area contributed by atoms with Crippen molar-refractivity contribution in [3.8, 4) is 0 Å². The number of rotatable bonds is 3. The smallest absolute Gasteiger partial charge is 0.336 e. The third-order valence-electron chi connectivity index (χ3n) is 2.69. The molecule has 2 heteroatoms. The minimum absolute atomic E-state index is 0.321. The molecule has 0 spiro atoms. The fourth-order valence-corrected chi connectivity index (χ4v) is 1.80. The van der Waals surface area contributed by atoms with Crippen LogP contribution in [0.5, 0.6) is 0 Å². The van der Waals surface area contributed by atoms with Gasteiger partial charge in [-0.1, -0.05) is 60.2 Å². The number of hydrogen-bond donors (Lipinski definition) is 1. The molecule has 0 saturated heterocycles. The average molecular weight is 238 g/mol. The molecule has 0 saturated carbocycles. The van der Waals surface area contributed by atoms with Crippen molar-refractivity contribution in [1.29, 1.82) is 0 Å². The first-order valence-electron chi connectivity index (χ1n) is 5.74. The lowest BCUT2D eigenvalue weighted by atomic mass is 10.1. The molecule has 0 aliphatic heterocycles. The lowest BCUT2D eigenvalue weighted by Gasteiger charge is -2.00. The van der Waals surface area contributed by atoms with Crippen LogP contribution in [0.25, 0.3) is 12.2 Å². The largest absolute Gasteiger partial charge is 0.478 e. The summed E-state index contributed by atoms with van der Waals surface area (Å²) in [6, 6.07) is 15.0. The van der Waals surface area contributed by atoms with Gasteiger partial charge in [0.2, 0.25) is 0 Å². The second-order valence-corrected chi connectivity index (χ2v) is 4.14. The second-order valence-electron chi connectivity index (χ2n) is 4.14. The van der Waals surface area contributed by atoms with Crippen molar-refractivity contribution >= 4 is 18.1 Å². The fraction of sp³-hybridized carbons (Fsp3) is 0.0625. The first-order chi connectivity index (χ1) is 8.66. The molecule has 2 nitrogen and oxygen atoms in total. The van der Waals surface area contributed by atoms with Gasteiger partial charge in [0.25, 0.3) is 0 Å². The molecule has 2 aromatic carbocycles. The lowest BCUT2D eigenvalue weighted by molar-refractivity contribution is 0.0696. The third kappa shape index (κ3) is 2.86. The number of benzene rings is 2. The van der Waals surface area contributed by atoms with E-state index in [-0.39, 0.29) is 0 Å². The topological polar surface area (TPSA) is 37.3 Å². The molecule has 2 aromatic rings. The molecule has 18 heavy (non-hydrogen) atoms. The van der Waals surface area contributed by atoms with Crippen LogP contribution in [0.2, 0.25) is 0 Å². The van der Waals surface area contributed by atoms with E-state index >= 15 is 0 Å². The van der Waals surface area contributed by atoms with E-state index in [1.54, 1.807) is 18.2 Å². The van der Waals surface area contributed by atoms with Crippen molar-refractivity contribution in [3.63, 3.8) is 0 Å². The zero-order valence-electron chi connectivity index (χ0n) is 10.1. The summed E-state index contributed by atoms with van der Waals surface area (Å²) in [5.41, 5.74) is 3.28. The Hall–Kier alpha value is -2.35. The van der Waals surface area contributed by atoms with E-state index in [0.29, 0.717) is 11.1 Å². The first-order valence-corrected chi connectivity index (χ1v) is 5.74. The summed E-state index contributed by atoms with van der Waals surface area (Å²) in [6.07, 6.45) is 3.76. The Balaban J connectivity index is 2.32.